The van der Waals surface area contributed by atoms with Gasteiger partial charge in [0.05, 0.1) is 10.5 Å². The summed E-state index contributed by atoms with van der Waals surface area (Å²) in [5, 5.41) is 13.5. The molecule has 1 aromatic rings. The molecule has 1 aliphatic rings. The molecule has 1 fully saturated rings. The van der Waals surface area contributed by atoms with Crippen LogP contribution in [0.3, 0.4) is 0 Å². The van der Waals surface area contributed by atoms with E-state index in [2.05, 4.69) is 5.32 Å². The van der Waals surface area contributed by atoms with E-state index in [-0.39, 0.29) is 24.0 Å². The highest BCUT2D eigenvalue weighted by atomic mass is 35.5. The summed E-state index contributed by atoms with van der Waals surface area (Å²) in [5.41, 5.74) is 6.61. The number of carbonyl (C=O) groups excluding carboxylic acids is 1. The third kappa shape index (κ3) is 5.48. The molecule has 0 spiro atoms. The van der Waals surface area contributed by atoms with Crippen LogP contribution in [0.1, 0.15) is 44.1 Å². The predicted octanol–water partition coefficient (Wildman–Crippen LogP) is 2.73. The summed E-state index contributed by atoms with van der Waals surface area (Å²) in [4.78, 5) is 22.2. The van der Waals surface area contributed by atoms with E-state index in [1.165, 1.54) is 12.1 Å². The molecule has 0 aliphatic heterocycles. The van der Waals surface area contributed by atoms with Crippen molar-refractivity contribution in [3.05, 3.63) is 39.9 Å². The van der Waals surface area contributed by atoms with Gasteiger partial charge in [-0.1, -0.05) is 25.0 Å². The van der Waals surface area contributed by atoms with Gasteiger partial charge in [0.1, 0.15) is 0 Å². The number of halogens is 1. The van der Waals surface area contributed by atoms with Crippen LogP contribution in [0.5, 0.6) is 0 Å². The maximum Gasteiger partial charge on any atom is 0.269 e. The number of nitro benzene ring substituents is 1. The molecule has 7 heteroatoms. The Kier molecular flexibility index (Phi) is 7.45. The van der Waals surface area contributed by atoms with E-state index < -0.39 is 10.5 Å². The summed E-state index contributed by atoms with van der Waals surface area (Å²) < 4.78 is 0. The van der Waals surface area contributed by atoms with E-state index in [1.54, 1.807) is 12.1 Å². The van der Waals surface area contributed by atoms with E-state index in [0.717, 1.165) is 50.5 Å². The molecule has 0 aromatic heterocycles. The molecule has 23 heavy (non-hydrogen) atoms. The highest BCUT2D eigenvalue weighted by molar-refractivity contribution is 5.86. The molecule has 1 amide bonds. The van der Waals surface area contributed by atoms with Crippen LogP contribution >= 0.6 is 12.4 Å². The van der Waals surface area contributed by atoms with Gasteiger partial charge in [-0.05, 0) is 37.7 Å². The summed E-state index contributed by atoms with van der Waals surface area (Å²) >= 11 is 0. The molecular weight excluding hydrogens is 318 g/mol. The zero-order valence-corrected chi connectivity index (χ0v) is 13.9. The van der Waals surface area contributed by atoms with Crippen molar-refractivity contribution in [2.24, 2.45) is 5.73 Å². The molecule has 0 atom stereocenters. The van der Waals surface area contributed by atoms with Crippen LogP contribution in [-0.2, 0) is 11.2 Å². The lowest BCUT2D eigenvalue weighted by atomic mass is 9.98. The van der Waals surface area contributed by atoms with E-state index >= 15 is 0 Å². The zero-order valence-electron chi connectivity index (χ0n) is 13.1. The summed E-state index contributed by atoms with van der Waals surface area (Å²) in [7, 11) is 0. The van der Waals surface area contributed by atoms with Crippen molar-refractivity contribution in [3.63, 3.8) is 0 Å². The number of nitrogens with zero attached hydrogens (tertiary/aromatic N) is 1. The van der Waals surface area contributed by atoms with Crippen molar-refractivity contribution in [1.82, 2.24) is 5.32 Å². The fraction of sp³-hybridized carbons (Fsp3) is 0.562. The van der Waals surface area contributed by atoms with Crippen molar-refractivity contribution in [2.75, 3.05) is 6.54 Å². The Morgan fingerprint density at radius 2 is 1.83 bits per heavy atom. The van der Waals surface area contributed by atoms with Crippen LogP contribution in [0.15, 0.2) is 24.3 Å². The summed E-state index contributed by atoms with van der Waals surface area (Å²) in [6, 6.07) is 6.61. The van der Waals surface area contributed by atoms with E-state index in [4.69, 9.17) is 5.73 Å². The highest BCUT2D eigenvalue weighted by Crippen LogP contribution is 2.27. The van der Waals surface area contributed by atoms with Gasteiger partial charge in [0.25, 0.3) is 5.69 Å². The Bertz CT molecular complexity index is 528. The first-order valence-electron chi connectivity index (χ1n) is 7.82. The Morgan fingerprint density at radius 1 is 1.22 bits per heavy atom. The zero-order chi connectivity index (χ0) is 16.0. The molecular formula is C16H24ClN3O3. The Hall–Kier alpha value is -1.66. The van der Waals surface area contributed by atoms with Gasteiger partial charge in [0, 0.05) is 18.7 Å². The van der Waals surface area contributed by atoms with Gasteiger partial charge < -0.3 is 11.1 Å². The van der Waals surface area contributed by atoms with Gasteiger partial charge in [-0.15, -0.1) is 12.4 Å². The topological polar surface area (TPSA) is 98.3 Å². The average molecular weight is 342 g/mol. The molecule has 0 radical (unpaired) electrons. The standard InChI is InChI=1S/C16H23N3O3.ClH/c17-16(10-2-3-11-16)15(20)18-12-4-1-5-13-6-8-14(9-7-13)19(21)22;/h6-9H,1-5,10-12,17H2,(H,18,20);1H. The third-order valence-corrected chi connectivity index (χ3v) is 4.27. The minimum Gasteiger partial charge on any atom is -0.355 e. The smallest absolute Gasteiger partial charge is 0.269 e. The van der Waals surface area contributed by atoms with Crippen LogP contribution in [-0.4, -0.2) is 22.9 Å². The van der Waals surface area contributed by atoms with Gasteiger partial charge in [-0.25, -0.2) is 0 Å². The number of hydrogen-bond acceptors (Lipinski definition) is 4. The maximum absolute atomic E-state index is 12.0. The number of hydrogen-bond donors (Lipinski definition) is 2. The molecule has 1 saturated carbocycles. The summed E-state index contributed by atoms with van der Waals surface area (Å²) in [5.74, 6) is -0.0275. The normalized spacial score (nSPS) is 15.7. The van der Waals surface area contributed by atoms with Crippen molar-refractivity contribution in [3.8, 4) is 0 Å². The lowest BCUT2D eigenvalue weighted by Gasteiger charge is -2.22. The third-order valence-electron chi connectivity index (χ3n) is 4.27. The fourth-order valence-corrected chi connectivity index (χ4v) is 2.85. The molecule has 0 bridgehead atoms. The molecule has 1 aliphatic carbocycles. The molecule has 2 rings (SSSR count). The van der Waals surface area contributed by atoms with E-state index in [9.17, 15) is 14.9 Å². The van der Waals surface area contributed by atoms with Crippen molar-refractivity contribution >= 4 is 24.0 Å². The largest absolute Gasteiger partial charge is 0.355 e. The number of benzene rings is 1. The van der Waals surface area contributed by atoms with Crippen LogP contribution in [0.25, 0.3) is 0 Å². The molecule has 0 unspecified atom stereocenters. The predicted molar refractivity (Wildman–Crippen MR) is 91.7 cm³/mol. The van der Waals surface area contributed by atoms with Gasteiger partial charge in [-0.3, -0.25) is 14.9 Å². The average Bonchev–Trinajstić information content (AvgIpc) is 2.95. The number of nitrogens with two attached hydrogens (primary N) is 1. The minimum absolute atomic E-state index is 0. The van der Waals surface area contributed by atoms with Crippen molar-refractivity contribution in [2.45, 2.75) is 50.5 Å². The van der Waals surface area contributed by atoms with E-state index in [1.807, 2.05) is 0 Å². The second-order valence-corrected chi connectivity index (χ2v) is 6.00. The number of unbranched alkanes of at least 4 members (excludes halogenated alkanes) is 1. The second-order valence-electron chi connectivity index (χ2n) is 6.00. The Morgan fingerprint density at radius 3 is 2.39 bits per heavy atom. The fourth-order valence-electron chi connectivity index (χ4n) is 2.85. The van der Waals surface area contributed by atoms with Crippen molar-refractivity contribution in [1.29, 1.82) is 0 Å². The first kappa shape index (κ1) is 19.4. The quantitative estimate of drug-likeness (QED) is 0.452. The molecule has 3 N–H and O–H groups in total. The lowest BCUT2D eigenvalue weighted by molar-refractivity contribution is -0.384. The monoisotopic (exact) mass is 341 g/mol. The van der Waals surface area contributed by atoms with E-state index in [0.29, 0.717) is 6.54 Å². The number of nitrogens with one attached hydrogen (secondary N) is 1. The van der Waals surface area contributed by atoms with Gasteiger partial charge in [0.2, 0.25) is 5.91 Å². The van der Waals surface area contributed by atoms with Crippen LogP contribution < -0.4 is 11.1 Å². The summed E-state index contributed by atoms with van der Waals surface area (Å²) in [6.45, 7) is 0.630. The Balaban J connectivity index is 0.00000264. The number of nitro groups is 1. The highest BCUT2D eigenvalue weighted by Gasteiger charge is 2.36. The Labute approximate surface area is 142 Å². The molecule has 6 nitrogen and oxygen atoms in total. The molecule has 0 heterocycles. The first-order valence-corrected chi connectivity index (χ1v) is 7.82. The van der Waals surface area contributed by atoms with Gasteiger partial charge in [-0.2, -0.15) is 0 Å². The maximum atomic E-state index is 12.0. The first-order chi connectivity index (χ1) is 10.5. The molecule has 1 aromatic carbocycles. The lowest BCUT2D eigenvalue weighted by Crippen LogP contribution is -2.52. The van der Waals surface area contributed by atoms with Crippen LogP contribution in [0.4, 0.5) is 5.69 Å². The number of carbonyl (C=O) groups is 1. The number of aryl methyl sites for hydroxylation is 1. The number of non-ortho nitro benzene ring substituents is 1. The SMILES string of the molecule is Cl.NC1(C(=O)NCCCCc2ccc([N+](=O)[O-])cc2)CCCC1. The van der Waals surface area contributed by atoms with Gasteiger partial charge >= 0.3 is 0 Å². The molecule has 0 saturated heterocycles. The van der Waals surface area contributed by atoms with Crippen molar-refractivity contribution < 1.29 is 9.72 Å². The van der Waals surface area contributed by atoms with Crippen LogP contribution in [0.2, 0.25) is 0 Å². The number of amides is 1. The molecule has 128 valence electrons. The van der Waals surface area contributed by atoms with Gasteiger partial charge in [0.15, 0.2) is 0 Å². The summed E-state index contributed by atoms with van der Waals surface area (Å²) in [6.07, 6.45) is 6.27. The second kappa shape index (κ2) is 8.84. The minimum atomic E-state index is -0.654. The van der Waals surface area contributed by atoms with Crippen LogP contribution in [0, 0.1) is 10.1 Å². The number of rotatable bonds is 7.